The third-order valence-corrected chi connectivity index (χ3v) is 4.59. The molecule has 1 fully saturated rings. The van der Waals surface area contributed by atoms with E-state index in [0.717, 1.165) is 22.7 Å². The van der Waals surface area contributed by atoms with Gasteiger partial charge < -0.3 is 10.6 Å². The van der Waals surface area contributed by atoms with Gasteiger partial charge in [0.25, 0.3) is 0 Å². The van der Waals surface area contributed by atoms with E-state index in [4.69, 9.17) is 5.73 Å². The quantitative estimate of drug-likeness (QED) is 0.912. The number of rotatable bonds is 4. The van der Waals surface area contributed by atoms with Gasteiger partial charge in [0.05, 0.1) is 0 Å². The van der Waals surface area contributed by atoms with E-state index in [2.05, 4.69) is 59.8 Å². The Morgan fingerprint density at radius 3 is 2.68 bits per heavy atom. The summed E-state index contributed by atoms with van der Waals surface area (Å²) in [6.07, 6.45) is 2.26. The largest absolute Gasteiger partial charge is 0.371 e. The van der Waals surface area contributed by atoms with Crippen LogP contribution in [0.3, 0.4) is 0 Å². The van der Waals surface area contributed by atoms with Gasteiger partial charge in [0.2, 0.25) is 0 Å². The van der Waals surface area contributed by atoms with E-state index in [-0.39, 0.29) is 6.04 Å². The van der Waals surface area contributed by atoms with Crippen LogP contribution in [-0.2, 0) is 6.42 Å². The van der Waals surface area contributed by atoms with Crippen LogP contribution in [0.2, 0.25) is 0 Å². The highest BCUT2D eigenvalue weighted by atomic mass is 79.9. The lowest BCUT2D eigenvalue weighted by atomic mass is 9.95. The van der Waals surface area contributed by atoms with Crippen LogP contribution in [0.4, 0.5) is 5.69 Å². The molecule has 2 unspecified atom stereocenters. The molecule has 0 spiro atoms. The van der Waals surface area contributed by atoms with Gasteiger partial charge in [0.15, 0.2) is 0 Å². The Balaban J connectivity index is 2.21. The molecule has 1 aromatic carbocycles. The van der Waals surface area contributed by atoms with Crippen LogP contribution in [0.5, 0.6) is 0 Å². The topological polar surface area (TPSA) is 29.3 Å². The molecule has 1 aromatic rings. The maximum atomic E-state index is 5.98. The lowest BCUT2D eigenvalue weighted by Crippen LogP contribution is -2.24. The summed E-state index contributed by atoms with van der Waals surface area (Å²) < 4.78 is 1.16. The van der Waals surface area contributed by atoms with Crippen LogP contribution in [-0.4, -0.2) is 19.1 Å². The number of hydrogen-bond acceptors (Lipinski definition) is 2. The van der Waals surface area contributed by atoms with Crippen molar-refractivity contribution >= 4 is 21.6 Å². The molecule has 0 aliphatic carbocycles. The number of hydrogen-bond donors (Lipinski definition) is 1. The third-order valence-electron chi connectivity index (χ3n) is 4.10. The SMILES string of the molecule is CC(N)Cc1ccc(Br)cc1N1CCC(C(C)C)C1. The minimum absolute atomic E-state index is 0.212. The third kappa shape index (κ3) is 3.73. The number of anilines is 1. The van der Waals surface area contributed by atoms with E-state index < -0.39 is 0 Å². The van der Waals surface area contributed by atoms with Gasteiger partial charge in [-0.25, -0.2) is 0 Å². The molecule has 2 N–H and O–H groups in total. The first-order chi connectivity index (χ1) is 8.97. The molecule has 106 valence electrons. The Morgan fingerprint density at radius 1 is 1.37 bits per heavy atom. The molecule has 1 aliphatic rings. The molecule has 0 aromatic heterocycles. The fraction of sp³-hybridized carbons (Fsp3) is 0.625. The highest BCUT2D eigenvalue weighted by Gasteiger charge is 2.26. The number of nitrogens with two attached hydrogens (primary N) is 1. The Morgan fingerprint density at radius 2 is 2.11 bits per heavy atom. The second-order valence-corrected chi connectivity index (χ2v) is 7.11. The van der Waals surface area contributed by atoms with Crippen molar-refractivity contribution in [1.82, 2.24) is 0 Å². The first-order valence-corrected chi connectivity index (χ1v) is 8.05. The highest BCUT2D eigenvalue weighted by molar-refractivity contribution is 9.10. The fourth-order valence-electron chi connectivity index (χ4n) is 2.90. The van der Waals surface area contributed by atoms with E-state index in [1.807, 2.05) is 0 Å². The first-order valence-electron chi connectivity index (χ1n) is 7.26. The summed E-state index contributed by atoms with van der Waals surface area (Å²) in [5, 5.41) is 0. The number of halogens is 1. The Bertz CT molecular complexity index is 429. The molecular formula is C16H25BrN2. The zero-order chi connectivity index (χ0) is 14.0. The fourth-order valence-corrected chi connectivity index (χ4v) is 3.25. The second kappa shape index (κ2) is 6.27. The van der Waals surface area contributed by atoms with Gasteiger partial charge in [-0.1, -0.05) is 35.8 Å². The molecule has 3 heteroatoms. The summed E-state index contributed by atoms with van der Waals surface area (Å²) >= 11 is 3.60. The summed E-state index contributed by atoms with van der Waals surface area (Å²) in [6.45, 7) is 9.09. The number of benzene rings is 1. The van der Waals surface area contributed by atoms with Crippen LogP contribution in [0, 0.1) is 11.8 Å². The molecule has 1 aliphatic heterocycles. The lowest BCUT2D eigenvalue weighted by Gasteiger charge is -2.24. The molecule has 0 amide bonds. The Kier molecular flexibility index (Phi) is 4.91. The van der Waals surface area contributed by atoms with Crippen molar-refractivity contribution in [1.29, 1.82) is 0 Å². The normalized spacial score (nSPS) is 21.2. The zero-order valence-corrected chi connectivity index (χ0v) is 13.8. The van der Waals surface area contributed by atoms with Gasteiger partial charge >= 0.3 is 0 Å². The van der Waals surface area contributed by atoms with Gasteiger partial charge in [-0.2, -0.15) is 0 Å². The second-order valence-electron chi connectivity index (χ2n) is 6.19. The highest BCUT2D eigenvalue weighted by Crippen LogP contribution is 2.32. The van der Waals surface area contributed by atoms with Gasteiger partial charge in [0.1, 0.15) is 0 Å². The summed E-state index contributed by atoms with van der Waals surface area (Å²) in [5.74, 6) is 1.59. The van der Waals surface area contributed by atoms with Crippen LogP contribution in [0.25, 0.3) is 0 Å². The summed E-state index contributed by atoms with van der Waals surface area (Å²) in [7, 11) is 0. The molecule has 19 heavy (non-hydrogen) atoms. The van der Waals surface area contributed by atoms with E-state index in [1.165, 1.54) is 30.8 Å². The zero-order valence-electron chi connectivity index (χ0n) is 12.2. The van der Waals surface area contributed by atoms with E-state index in [0.29, 0.717) is 0 Å². The standard InChI is InChI=1S/C16H25BrN2/c1-11(2)14-6-7-19(10-14)16-9-15(17)5-4-13(16)8-12(3)18/h4-5,9,11-12,14H,6-8,10,18H2,1-3H3. The molecule has 0 radical (unpaired) electrons. The molecular weight excluding hydrogens is 300 g/mol. The van der Waals surface area contributed by atoms with Gasteiger partial charge in [0, 0.05) is 29.3 Å². The van der Waals surface area contributed by atoms with Crippen molar-refractivity contribution in [2.24, 2.45) is 17.6 Å². The average molecular weight is 325 g/mol. The van der Waals surface area contributed by atoms with E-state index >= 15 is 0 Å². The summed E-state index contributed by atoms with van der Waals surface area (Å²) in [4.78, 5) is 2.53. The van der Waals surface area contributed by atoms with E-state index in [9.17, 15) is 0 Å². The molecule has 0 saturated carbocycles. The molecule has 2 rings (SSSR count). The van der Waals surface area contributed by atoms with Crippen molar-refractivity contribution in [2.45, 2.75) is 39.7 Å². The monoisotopic (exact) mass is 324 g/mol. The molecule has 1 saturated heterocycles. The number of nitrogens with zero attached hydrogens (tertiary/aromatic N) is 1. The van der Waals surface area contributed by atoms with Crippen molar-refractivity contribution in [3.63, 3.8) is 0 Å². The Labute approximate surface area is 125 Å². The molecule has 2 nitrogen and oxygen atoms in total. The molecule has 2 atom stereocenters. The predicted molar refractivity (Wildman–Crippen MR) is 86.7 cm³/mol. The minimum atomic E-state index is 0.212. The predicted octanol–water partition coefficient (Wildman–Crippen LogP) is 3.82. The first kappa shape index (κ1) is 14.9. The van der Waals surface area contributed by atoms with Crippen molar-refractivity contribution in [3.8, 4) is 0 Å². The van der Waals surface area contributed by atoms with Crippen molar-refractivity contribution in [2.75, 3.05) is 18.0 Å². The Hall–Kier alpha value is -0.540. The van der Waals surface area contributed by atoms with Crippen LogP contribution in [0.15, 0.2) is 22.7 Å². The summed E-state index contributed by atoms with van der Waals surface area (Å²) in [5.41, 5.74) is 8.72. The maximum Gasteiger partial charge on any atom is 0.0410 e. The van der Waals surface area contributed by atoms with Gasteiger partial charge in [-0.05, 0) is 49.3 Å². The van der Waals surface area contributed by atoms with Crippen LogP contribution < -0.4 is 10.6 Å². The molecule has 1 heterocycles. The van der Waals surface area contributed by atoms with Gasteiger partial charge in [-0.3, -0.25) is 0 Å². The lowest BCUT2D eigenvalue weighted by molar-refractivity contribution is 0.422. The average Bonchev–Trinajstić information content (AvgIpc) is 2.80. The smallest absolute Gasteiger partial charge is 0.0410 e. The van der Waals surface area contributed by atoms with Gasteiger partial charge in [-0.15, -0.1) is 0 Å². The van der Waals surface area contributed by atoms with Crippen LogP contribution >= 0.6 is 15.9 Å². The summed E-state index contributed by atoms with van der Waals surface area (Å²) in [6, 6.07) is 6.80. The minimum Gasteiger partial charge on any atom is -0.371 e. The van der Waals surface area contributed by atoms with Crippen LogP contribution in [0.1, 0.15) is 32.8 Å². The van der Waals surface area contributed by atoms with Crippen molar-refractivity contribution in [3.05, 3.63) is 28.2 Å². The van der Waals surface area contributed by atoms with Crippen molar-refractivity contribution < 1.29 is 0 Å². The van der Waals surface area contributed by atoms with E-state index in [1.54, 1.807) is 0 Å². The maximum absolute atomic E-state index is 5.98. The molecule has 0 bridgehead atoms.